The van der Waals surface area contributed by atoms with E-state index in [9.17, 15) is 4.79 Å². The van der Waals surface area contributed by atoms with Gasteiger partial charge in [0.1, 0.15) is 0 Å². The summed E-state index contributed by atoms with van der Waals surface area (Å²) in [5, 5.41) is 2.85. The molecule has 5 heteroatoms. The molecule has 0 spiro atoms. The van der Waals surface area contributed by atoms with Gasteiger partial charge in [0.2, 0.25) is 0 Å². The van der Waals surface area contributed by atoms with Gasteiger partial charge in [-0.3, -0.25) is 0 Å². The number of nitrogens with zero attached hydrogens (tertiary/aromatic N) is 2. The predicted molar refractivity (Wildman–Crippen MR) is 102 cm³/mol. The number of urea groups is 1. The van der Waals surface area contributed by atoms with Crippen molar-refractivity contribution in [1.82, 2.24) is 10.2 Å². The summed E-state index contributed by atoms with van der Waals surface area (Å²) in [5.41, 5.74) is 2.26. The first-order chi connectivity index (χ1) is 11.7. The summed E-state index contributed by atoms with van der Waals surface area (Å²) < 4.78 is 1.02. The second-order valence-corrected chi connectivity index (χ2v) is 6.56. The largest absolute Gasteiger partial charge is 0.368 e. The number of benzene rings is 2. The van der Waals surface area contributed by atoms with Crippen molar-refractivity contribution in [3.63, 3.8) is 0 Å². The molecule has 124 valence electrons. The van der Waals surface area contributed by atoms with Crippen molar-refractivity contribution in [2.45, 2.75) is 0 Å². The summed E-state index contributed by atoms with van der Waals surface area (Å²) in [6.45, 7) is 3.16. The number of amides is 2. The minimum atomic E-state index is -0.0473. The van der Waals surface area contributed by atoms with Gasteiger partial charge in [-0.05, 0) is 35.9 Å². The molecular weight excluding hydrogens is 366 g/mol. The van der Waals surface area contributed by atoms with Crippen LogP contribution in [0.25, 0.3) is 6.08 Å². The zero-order chi connectivity index (χ0) is 16.8. The second kappa shape index (κ2) is 8.02. The number of anilines is 1. The van der Waals surface area contributed by atoms with E-state index >= 15 is 0 Å². The molecule has 2 aromatic rings. The predicted octanol–water partition coefficient (Wildman–Crippen LogP) is 3.95. The van der Waals surface area contributed by atoms with Crippen LogP contribution in [-0.2, 0) is 0 Å². The van der Waals surface area contributed by atoms with Crippen LogP contribution in [0.1, 0.15) is 5.56 Å². The third kappa shape index (κ3) is 4.38. The molecule has 0 bridgehead atoms. The van der Waals surface area contributed by atoms with Gasteiger partial charge < -0.3 is 15.1 Å². The number of hydrogen-bond donors (Lipinski definition) is 1. The molecule has 1 N–H and O–H groups in total. The van der Waals surface area contributed by atoms with Gasteiger partial charge in [-0.2, -0.15) is 0 Å². The lowest BCUT2D eigenvalue weighted by Crippen LogP contribution is -2.51. The molecule has 1 heterocycles. The average Bonchev–Trinajstić information content (AvgIpc) is 2.63. The Morgan fingerprint density at radius 2 is 1.75 bits per heavy atom. The van der Waals surface area contributed by atoms with Crippen LogP contribution < -0.4 is 10.2 Å². The lowest BCUT2D eigenvalue weighted by atomic mass is 10.2. The first kappa shape index (κ1) is 16.6. The van der Waals surface area contributed by atoms with E-state index in [1.807, 2.05) is 53.4 Å². The fraction of sp³-hybridized carbons (Fsp3) is 0.211. The van der Waals surface area contributed by atoms with Crippen LogP contribution in [0.4, 0.5) is 10.5 Å². The molecule has 0 atom stereocenters. The van der Waals surface area contributed by atoms with E-state index in [1.54, 1.807) is 6.20 Å². The highest BCUT2D eigenvalue weighted by atomic mass is 79.9. The van der Waals surface area contributed by atoms with E-state index < -0.39 is 0 Å². The Hall–Kier alpha value is -2.27. The Balaban J connectivity index is 1.49. The molecule has 1 aliphatic heterocycles. The molecule has 2 aromatic carbocycles. The fourth-order valence-electron chi connectivity index (χ4n) is 2.72. The number of piperazine rings is 1. The van der Waals surface area contributed by atoms with Gasteiger partial charge in [-0.1, -0.05) is 46.3 Å². The van der Waals surface area contributed by atoms with E-state index in [4.69, 9.17) is 0 Å². The molecule has 0 aromatic heterocycles. The van der Waals surface area contributed by atoms with E-state index in [1.165, 1.54) is 5.69 Å². The third-order valence-corrected chi connectivity index (χ3v) is 4.51. The number of hydrogen-bond acceptors (Lipinski definition) is 2. The van der Waals surface area contributed by atoms with Gasteiger partial charge in [-0.25, -0.2) is 4.79 Å². The van der Waals surface area contributed by atoms with Crippen molar-refractivity contribution in [1.29, 1.82) is 0 Å². The van der Waals surface area contributed by atoms with Crippen molar-refractivity contribution in [3.8, 4) is 0 Å². The van der Waals surface area contributed by atoms with Gasteiger partial charge in [0, 0.05) is 42.5 Å². The Bertz CT molecular complexity index is 710. The molecule has 1 saturated heterocycles. The van der Waals surface area contributed by atoms with E-state index in [2.05, 4.69) is 38.3 Å². The van der Waals surface area contributed by atoms with E-state index in [-0.39, 0.29) is 6.03 Å². The molecule has 0 unspecified atom stereocenters. The first-order valence-electron chi connectivity index (χ1n) is 8.00. The van der Waals surface area contributed by atoms with Crippen LogP contribution in [0.2, 0.25) is 0 Å². The second-order valence-electron chi connectivity index (χ2n) is 5.65. The van der Waals surface area contributed by atoms with Gasteiger partial charge >= 0.3 is 6.03 Å². The van der Waals surface area contributed by atoms with E-state index in [0.717, 1.165) is 36.2 Å². The SMILES string of the molecule is O=C(N/C=C/c1cccc(Br)c1)N1CCN(c2ccccc2)CC1. The van der Waals surface area contributed by atoms with Crippen molar-refractivity contribution < 1.29 is 4.79 Å². The lowest BCUT2D eigenvalue weighted by Gasteiger charge is -2.35. The summed E-state index contributed by atoms with van der Waals surface area (Å²) in [5.74, 6) is 0. The average molecular weight is 386 g/mol. The summed E-state index contributed by atoms with van der Waals surface area (Å²) in [7, 11) is 0. The number of para-hydroxylation sites is 1. The molecular formula is C19H20BrN3O. The third-order valence-electron chi connectivity index (χ3n) is 4.02. The standard InChI is InChI=1S/C19H20BrN3O/c20-17-6-4-5-16(15-17)9-10-21-19(24)23-13-11-22(12-14-23)18-7-2-1-3-8-18/h1-10,15H,11-14H2,(H,21,24)/b10-9+. The van der Waals surface area contributed by atoms with Crippen molar-refractivity contribution >= 4 is 33.7 Å². The topological polar surface area (TPSA) is 35.6 Å². The number of carbonyl (C=O) groups is 1. The van der Waals surface area contributed by atoms with Crippen molar-refractivity contribution in [3.05, 3.63) is 70.8 Å². The van der Waals surface area contributed by atoms with Crippen molar-refractivity contribution in [2.24, 2.45) is 0 Å². The molecule has 4 nitrogen and oxygen atoms in total. The van der Waals surface area contributed by atoms with Crippen LogP contribution in [0, 0.1) is 0 Å². The molecule has 2 amide bonds. The van der Waals surface area contributed by atoms with E-state index in [0.29, 0.717) is 0 Å². The summed E-state index contributed by atoms with van der Waals surface area (Å²) in [4.78, 5) is 16.4. The van der Waals surface area contributed by atoms with Gasteiger partial charge in [-0.15, -0.1) is 0 Å². The monoisotopic (exact) mass is 385 g/mol. The Labute approximate surface area is 150 Å². The van der Waals surface area contributed by atoms with Crippen LogP contribution >= 0.6 is 15.9 Å². The van der Waals surface area contributed by atoms with Gasteiger partial charge in [0.15, 0.2) is 0 Å². The van der Waals surface area contributed by atoms with Crippen LogP contribution in [0.5, 0.6) is 0 Å². The molecule has 0 saturated carbocycles. The van der Waals surface area contributed by atoms with Crippen LogP contribution in [0.3, 0.4) is 0 Å². The van der Waals surface area contributed by atoms with Gasteiger partial charge in [0.05, 0.1) is 0 Å². The number of carbonyl (C=O) groups excluding carboxylic acids is 1. The van der Waals surface area contributed by atoms with Gasteiger partial charge in [0.25, 0.3) is 0 Å². The maximum Gasteiger partial charge on any atom is 0.321 e. The number of nitrogens with one attached hydrogen (secondary N) is 1. The first-order valence-corrected chi connectivity index (χ1v) is 8.79. The minimum Gasteiger partial charge on any atom is -0.368 e. The summed E-state index contributed by atoms with van der Waals surface area (Å²) in [6, 6.07) is 18.2. The summed E-state index contributed by atoms with van der Waals surface area (Å²) in [6.07, 6.45) is 3.59. The maximum atomic E-state index is 12.2. The molecule has 1 aliphatic rings. The zero-order valence-corrected chi connectivity index (χ0v) is 14.9. The zero-order valence-electron chi connectivity index (χ0n) is 13.4. The number of halogens is 1. The lowest BCUT2D eigenvalue weighted by molar-refractivity contribution is 0.198. The molecule has 1 fully saturated rings. The molecule has 0 aliphatic carbocycles. The Morgan fingerprint density at radius 3 is 2.46 bits per heavy atom. The summed E-state index contributed by atoms with van der Waals surface area (Å²) >= 11 is 3.44. The van der Waals surface area contributed by atoms with Crippen LogP contribution in [0.15, 0.2) is 65.3 Å². The smallest absolute Gasteiger partial charge is 0.321 e. The van der Waals surface area contributed by atoms with Crippen LogP contribution in [-0.4, -0.2) is 37.1 Å². The number of rotatable bonds is 3. The fourth-order valence-corrected chi connectivity index (χ4v) is 3.13. The molecule has 3 rings (SSSR count). The Morgan fingerprint density at radius 1 is 1.00 bits per heavy atom. The molecule has 0 radical (unpaired) electrons. The Kier molecular flexibility index (Phi) is 5.54. The normalized spacial score (nSPS) is 14.9. The quantitative estimate of drug-likeness (QED) is 0.867. The van der Waals surface area contributed by atoms with Crippen molar-refractivity contribution in [2.75, 3.05) is 31.1 Å². The maximum absolute atomic E-state index is 12.2. The molecule has 24 heavy (non-hydrogen) atoms. The highest BCUT2D eigenvalue weighted by Gasteiger charge is 2.20. The minimum absolute atomic E-state index is 0.0473. The highest BCUT2D eigenvalue weighted by Crippen LogP contribution is 2.15. The highest BCUT2D eigenvalue weighted by molar-refractivity contribution is 9.10.